The number of aromatic nitrogens is 2. The number of halogens is 2. The number of amides is 1. The number of rotatable bonds is 8. The van der Waals surface area contributed by atoms with Gasteiger partial charge in [-0.25, -0.2) is 0 Å². The number of carbonyl (C=O) groups excluding carboxylic acids is 1. The molecule has 0 unspecified atom stereocenters. The number of nitro groups is 1. The standard InChI is InChI=1S/C25H20Cl2N4O4/c1-16-5-8-23(22(11-16)31(33)34)35-15-17-3-2-4-18(12-17)25(32)28-24-9-10-30(29-24)14-19-6-7-20(26)13-21(19)27/h2-13H,14-15H2,1H3,(H,28,29,32). The van der Waals surface area contributed by atoms with Crippen LogP contribution in [0.3, 0.4) is 0 Å². The van der Waals surface area contributed by atoms with Crippen molar-refractivity contribution in [2.75, 3.05) is 5.32 Å². The molecule has 0 aliphatic rings. The van der Waals surface area contributed by atoms with E-state index < -0.39 is 4.92 Å². The lowest BCUT2D eigenvalue weighted by Crippen LogP contribution is -2.13. The molecule has 1 aromatic heterocycles. The van der Waals surface area contributed by atoms with E-state index >= 15 is 0 Å². The van der Waals surface area contributed by atoms with E-state index in [1.807, 2.05) is 6.07 Å². The molecule has 4 aromatic rings. The summed E-state index contributed by atoms with van der Waals surface area (Å²) in [5.74, 6) is 0.210. The van der Waals surface area contributed by atoms with Crippen molar-refractivity contribution in [3.05, 3.63) is 115 Å². The zero-order valence-electron chi connectivity index (χ0n) is 18.6. The Morgan fingerprint density at radius 1 is 1.11 bits per heavy atom. The second-order valence-electron chi connectivity index (χ2n) is 7.81. The molecule has 0 aliphatic carbocycles. The third-order valence-electron chi connectivity index (χ3n) is 5.12. The first-order valence-corrected chi connectivity index (χ1v) is 11.3. The fraction of sp³-hybridized carbons (Fsp3) is 0.120. The van der Waals surface area contributed by atoms with E-state index in [4.69, 9.17) is 27.9 Å². The number of ether oxygens (including phenoxy) is 1. The molecule has 3 aromatic carbocycles. The van der Waals surface area contributed by atoms with Gasteiger partial charge in [-0.3, -0.25) is 19.6 Å². The Morgan fingerprint density at radius 2 is 1.94 bits per heavy atom. The smallest absolute Gasteiger partial charge is 0.311 e. The number of hydrogen-bond acceptors (Lipinski definition) is 5. The van der Waals surface area contributed by atoms with Gasteiger partial charge in [0, 0.05) is 33.9 Å². The summed E-state index contributed by atoms with van der Waals surface area (Å²) in [5, 5.41) is 19.5. The summed E-state index contributed by atoms with van der Waals surface area (Å²) >= 11 is 12.2. The molecule has 1 heterocycles. The van der Waals surface area contributed by atoms with Gasteiger partial charge in [-0.1, -0.05) is 47.5 Å². The zero-order valence-corrected chi connectivity index (χ0v) is 20.1. The number of benzene rings is 3. The molecule has 1 N–H and O–H groups in total. The number of nitro benzene ring substituents is 1. The van der Waals surface area contributed by atoms with E-state index in [0.717, 1.165) is 11.1 Å². The van der Waals surface area contributed by atoms with Crippen LogP contribution in [0, 0.1) is 17.0 Å². The van der Waals surface area contributed by atoms with Gasteiger partial charge in [-0.15, -0.1) is 0 Å². The summed E-state index contributed by atoms with van der Waals surface area (Å²) in [4.78, 5) is 23.6. The number of hydrogen-bond donors (Lipinski definition) is 1. The van der Waals surface area contributed by atoms with Gasteiger partial charge in [0.25, 0.3) is 5.91 Å². The van der Waals surface area contributed by atoms with E-state index in [1.165, 1.54) is 6.07 Å². The second-order valence-corrected chi connectivity index (χ2v) is 8.65. The minimum Gasteiger partial charge on any atom is -0.482 e. The van der Waals surface area contributed by atoms with Crippen LogP contribution in [-0.2, 0) is 13.2 Å². The van der Waals surface area contributed by atoms with Crippen molar-refractivity contribution in [2.24, 2.45) is 0 Å². The van der Waals surface area contributed by atoms with Crippen LogP contribution in [0.2, 0.25) is 10.0 Å². The lowest BCUT2D eigenvalue weighted by Gasteiger charge is -2.09. The van der Waals surface area contributed by atoms with Crippen molar-refractivity contribution in [3.63, 3.8) is 0 Å². The van der Waals surface area contributed by atoms with Crippen LogP contribution in [0.25, 0.3) is 0 Å². The highest BCUT2D eigenvalue weighted by Gasteiger charge is 2.16. The molecule has 0 aliphatic heterocycles. The number of nitrogens with one attached hydrogen (secondary N) is 1. The maximum Gasteiger partial charge on any atom is 0.311 e. The Kier molecular flexibility index (Phi) is 7.33. The minimum atomic E-state index is -0.480. The molecule has 0 saturated heterocycles. The quantitative estimate of drug-likeness (QED) is 0.222. The number of aryl methyl sites for hydroxylation is 1. The normalized spacial score (nSPS) is 10.7. The maximum atomic E-state index is 12.8. The summed E-state index contributed by atoms with van der Waals surface area (Å²) in [6.45, 7) is 2.26. The molecule has 4 rings (SSSR count). The molecule has 0 atom stereocenters. The van der Waals surface area contributed by atoms with Crippen LogP contribution >= 0.6 is 23.2 Å². The van der Waals surface area contributed by atoms with Gasteiger partial charge >= 0.3 is 5.69 Å². The number of nitrogens with zero attached hydrogens (tertiary/aromatic N) is 3. The Hall–Kier alpha value is -3.88. The molecule has 178 valence electrons. The van der Waals surface area contributed by atoms with E-state index in [9.17, 15) is 14.9 Å². The molecule has 0 saturated carbocycles. The second kappa shape index (κ2) is 10.6. The van der Waals surface area contributed by atoms with Gasteiger partial charge in [-0.05, 0) is 53.9 Å². The molecular formula is C25H20Cl2N4O4. The molecule has 0 fully saturated rings. The molecule has 8 nitrogen and oxygen atoms in total. The molecule has 0 spiro atoms. The first-order chi connectivity index (χ1) is 16.8. The zero-order chi connectivity index (χ0) is 24.9. The molecule has 1 amide bonds. The first-order valence-electron chi connectivity index (χ1n) is 10.5. The van der Waals surface area contributed by atoms with Gasteiger partial charge in [0.2, 0.25) is 0 Å². The SMILES string of the molecule is Cc1ccc(OCc2cccc(C(=O)Nc3ccn(Cc4ccc(Cl)cc4Cl)n3)c2)c([N+](=O)[O-])c1. The Bertz CT molecular complexity index is 1400. The number of anilines is 1. The van der Waals surface area contributed by atoms with Crippen molar-refractivity contribution in [3.8, 4) is 5.75 Å². The number of carbonyl (C=O) groups is 1. The van der Waals surface area contributed by atoms with Gasteiger partial charge in [-0.2, -0.15) is 5.10 Å². The predicted octanol–water partition coefficient (Wildman–Crippen LogP) is 6.29. The van der Waals surface area contributed by atoms with Gasteiger partial charge in [0.1, 0.15) is 6.61 Å². The van der Waals surface area contributed by atoms with E-state index in [2.05, 4.69) is 10.4 Å². The summed E-state index contributed by atoms with van der Waals surface area (Å²) in [6.07, 6.45) is 1.74. The highest BCUT2D eigenvalue weighted by atomic mass is 35.5. The van der Waals surface area contributed by atoms with Crippen molar-refractivity contribution in [2.45, 2.75) is 20.1 Å². The fourth-order valence-corrected chi connectivity index (χ4v) is 3.85. The Labute approximate surface area is 211 Å². The van der Waals surface area contributed by atoms with Crippen LogP contribution in [0.5, 0.6) is 5.75 Å². The third kappa shape index (κ3) is 6.17. The average molecular weight is 511 g/mol. The highest BCUT2D eigenvalue weighted by molar-refractivity contribution is 6.35. The monoisotopic (exact) mass is 510 g/mol. The van der Waals surface area contributed by atoms with E-state index in [1.54, 1.807) is 72.4 Å². The van der Waals surface area contributed by atoms with Crippen LogP contribution in [0.15, 0.2) is 72.9 Å². The van der Waals surface area contributed by atoms with Crippen LogP contribution in [0.1, 0.15) is 27.0 Å². The van der Waals surface area contributed by atoms with Gasteiger partial charge < -0.3 is 10.1 Å². The molecule has 35 heavy (non-hydrogen) atoms. The molecule has 0 bridgehead atoms. The minimum absolute atomic E-state index is 0.0709. The summed E-state index contributed by atoms with van der Waals surface area (Å²) in [7, 11) is 0. The van der Waals surface area contributed by atoms with Crippen molar-refractivity contribution in [1.29, 1.82) is 0 Å². The van der Waals surface area contributed by atoms with Crippen molar-refractivity contribution < 1.29 is 14.5 Å². The summed E-state index contributed by atoms with van der Waals surface area (Å²) in [5.41, 5.74) is 2.60. The van der Waals surface area contributed by atoms with E-state index in [0.29, 0.717) is 33.5 Å². The Balaban J connectivity index is 1.40. The van der Waals surface area contributed by atoms with Crippen molar-refractivity contribution in [1.82, 2.24) is 9.78 Å². The average Bonchev–Trinajstić information content (AvgIpc) is 3.27. The van der Waals surface area contributed by atoms with Gasteiger partial charge in [0.05, 0.1) is 11.5 Å². The summed E-state index contributed by atoms with van der Waals surface area (Å²) < 4.78 is 7.32. The lowest BCUT2D eigenvalue weighted by atomic mass is 10.1. The fourth-order valence-electron chi connectivity index (χ4n) is 3.38. The maximum absolute atomic E-state index is 12.8. The van der Waals surface area contributed by atoms with Crippen LogP contribution in [0.4, 0.5) is 11.5 Å². The third-order valence-corrected chi connectivity index (χ3v) is 5.71. The topological polar surface area (TPSA) is 99.3 Å². The summed E-state index contributed by atoms with van der Waals surface area (Å²) in [6, 6.07) is 18.5. The van der Waals surface area contributed by atoms with Crippen molar-refractivity contribution >= 4 is 40.6 Å². The van der Waals surface area contributed by atoms with Crippen LogP contribution in [-0.4, -0.2) is 20.6 Å². The highest BCUT2D eigenvalue weighted by Crippen LogP contribution is 2.28. The Morgan fingerprint density at radius 3 is 2.71 bits per heavy atom. The lowest BCUT2D eigenvalue weighted by molar-refractivity contribution is -0.386. The molecule has 0 radical (unpaired) electrons. The van der Waals surface area contributed by atoms with E-state index in [-0.39, 0.29) is 24.0 Å². The molecule has 10 heteroatoms. The van der Waals surface area contributed by atoms with Crippen LogP contribution < -0.4 is 10.1 Å². The van der Waals surface area contributed by atoms with Gasteiger partial charge in [0.15, 0.2) is 11.6 Å². The first kappa shape index (κ1) is 24.3. The molecular weight excluding hydrogens is 491 g/mol. The largest absolute Gasteiger partial charge is 0.482 e. The predicted molar refractivity (Wildman–Crippen MR) is 134 cm³/mol.